The summed E-state index contributed by atoms with van der Waals surface area (Å²) in [6, 6.07) is 26.1. The molecule has 36 heavy (non-hydrogen) atoms. The van der Waals surface area contributed by atoms with Gasteiger partial charge in [0.1, 0.15) is 16.4 Å². The van der Waals surface area contributed by atoms with Crippen LogP contribution in [0.25, 0.3) is 20.5 Å². The minimum atomic E-state index is -0.885. The Morgan fingerprint density at radius 3 is 1.75 bits per heavy atom. The van der Waals surface area contributed by atoms with Crippen LogP contribution in [0.3, 0.4) is 0 Å². The number of benzene rings is 3. The first-order valence-corrected chi connectivity index (χ1v) is 13.9. The van der Waals surface area contributed by atoms with Gasteiger partial charge in [-0.15, -0.1) is 34.4 Å². The summed E-state index contributed by atoms with van der Waals surface area (Å²) in [5.74, 6) is 0.711. The van der Waals surface area contributed by atoms with Gasteiger partial charge >= 0.3 is 5.97 Å². The summed E-state index contributed by atoms with van der Waals surface area (Å²) in [4.78, 5) is 15.2. The first-order chi connectivity index (χ1) is 17.5. The second kappa shape index (κ2) is 10.3. The van der Waals surface area contributed by atoms with E-state index in [2.05, 4.69) is 29.2 Å². The predicted octanol–water partition coefficient (Wildman–Crippen LogP) is 8.54. The van der Waals surface area contributed by atoms with Gasteiger partial charge in [0.05, 0.1) is 23.1 Å². The van der Waals surface area contributed by atoms with Gasteiger partial charge < -0.3 is 19.5 Å². The molecule has 1 N–H and O–H groups in total. The fourth-order valence-electron chi connectivity index (χ4n) is 4.03. The molecule has 3 aromatic carbocycles. The number of hydrogen-bond donors (Lipinski definition) is 1. The quantitative estimate of drug-likeness (QED) is 0.202. The average Bonchev–Trinajstić information content (AvgIpc) is 3.50. The molecule has 0 aliphatic carbocycles. The maximum absolute atomic E-state index is 11.6. The van der Waals surface area contributed by atoms with E-state index in [4.69, 9.17) is 9.47 Å². The van der Waals surface area contributed by atoms with Gasteiger partial charge in [0.2, 0.25) is 0 Å². The van der Waals surface area contributed by atoms with Gasteiger partial charge in [0.25, 0.3) is 0 Å². The molecule has 0 amide bonds. The summed E-state index contributed by atoms with van der Waals surface area (Å²) in [5.41, 5.74) is 4.07. The zero-order valence-electron chi connectivity index (χ0n) is 19.8. The topological polar surface area (TPSA) is 59.0 Å². The number of nitrogens with zero attached hydrogens (tertiary/aromatic N) is 1. The molecule has 0 atom stereocenters. The van der Waals surface area contributed by atoms with Gasteiger partial charge in [-0.25, -0.2) is 4.79 Å². The first kappa shape index (κ1) is 24.2. The van der Waals surface area contributed by atoms with Crippen LogP contribution in [-0.2, 0) is 0 Å². The number of thioether (sulfide) groups is 1. The van der Waals surface area contributed by atoms with E-state index in [1.165, 1.54) is 11.3 Å². The second-order valence-electron chi connectivity index (χ2n) is 7.86. The number of carbonyl (C=O) groups is 1. The Labute approximate surface area is 221 Å². The molecule has 0 fully saturated rings. The van der Waals surface area contributed by atoms with Crippen LogP contribution in [0, 0.1) is 0 Å². The van der Waals surface area contributed by atoms with Gasteiger partial charge in [-0.2, -0.15) is 0 Å². The van der Waals surface area contributed by atoms with Crippen molar-refractivity contribution in [1.82, 2.24) is 0 Å². The summed E-state index contributed by atoms with van der Waals surface area (Å²) < 4.78 is 12.9. The van der Waals surface area contributed by atoms with Crippen LogP contribution < -0.4 is 14.4 Å². The van der Waals surface area contributed by atoms with E-state index in [9.17, 15) is 9.90 Å². The molecule has 5 nitrogen and oxygen atoms in total. The Kier molecular flexibility index (Phi) is 6.91. The van der Waals surface area contributed by atoms with E-state index in [1.54, 1.807) is 43.4 Å². The molecule has 0 aliphatic heterocycles. The number of rotatable bonds is 8. The number of methoxy groups -OCH3 is 2. The minimum absolute atomic E-state index is 0.367. The SMILES string of the molecule is COc1ccc(N(c2ccc(OC)cc2)c2ccc(-c3sc(SC)c4sc(C(=O)O)cc34)cc2)cc1. The monoisotopic (exact) mass is 533 g/mol. The van der Waals surface area contributed by atoms with E-state index in [0.29, 0.717) is 4.88 Å². The zero-order chi connectivity index (χ0) is 25.2. The zero-order valence-corrected chi connectivity index (χ0v) is 22.3. The molecule has 0 bridgehead atoms. The van der Waals surface area contributed by atoms with Gasteiger partial charge in [-0.1, -0.05) is 12.1 Å². The molecule has 0 saturated carbocycles. The summed E-state index contributed by atoms with van der Waals surface area (Å²) in [7, 11) is 3.32. The number of carboxylic acid groups (broad SMARTS) is 1. The Hall–Kier alpha value is -3.46. The maximum Gasteiger partial charge on any atom is 0.345 e. The lowest BCUT2D eigenvalue weighted by Crippen LogP contribution is -2.09. The summed E-state index contributed by atoms with van der Waals surface area (Å²) in [6.07, 6.45) is 2.03. The Balaban J connectivity index is 1.57. The molecular formula is C28H23NO4S3. The van der Waals surface area contributed by atoms with Crippen molar-refractivity contribution in [2.75, 3.05) is 25.4 Å². The molecule has 2 aromatic heterocycles. The number of hydrogen-bond acceptors (Lipinski definition) is 7. The van der Waals surface area contributed by atoms with Crippen molar-refractivity contribution in [1.29, 1.82) is 0 Å². The van der Waals surface area contributed by atoms with E-state index in [-0.39, 0.29) is 0 Å². The van der Waals surface area contributed by atoms with Crippen LogP contribution in [0.2, 0.25) is 0 Å². The third-order valence-corrected chi connectivity index (χ3v) is 9.58. The smallest absolute Gasteiger partial charge is 0.345 e. The number of fused-ring (bicyclic) bond motifs is 1. The lowest BCUT2D eigenvalue weighted by Gasteiger charge is -2.26. The van der Waals surface area contributed by atoms with Crippen molar-refractivity contribution >= 4 is 67.6 Å². The van der Waals surface area contributed by atoms with Gasteiger partial charge in [0, 0.05) is 27.3 Å². The van der Waals surface area contributed by atoms with Gasteiger partial charge in [-0.3, -0.25) is 0 Å². The molecule has 0 radical (unpaired) electrons. The van der Waals surface area contributed by atoms with E-state index >= 15 is 0 Å². The molecule has 0 aliphatic rings. The highest BCUT2D eigenvalue weighted by molar-refractivity contribution is 8.01. The highest BCUT2D eigenvalue weighted by Gasteiger charge is 2.19. The van der Waals surface area contributed by atoms with E-state index in [0.717, 1.165) is 53.3 Å². The predicted molar refractivity (Wildman–Crippen MR) is 152 cm³/mol. The third-order valence-electron chi connectivity index (χ3n) is 5.80. The van der Waals surface area contributed by atoms with Crippen molar-refractivity contribution in [3.63, 3.8) is 0 Å². The molecule has 182 valence electrons. The summed E-state index contributed by atoms with van der Waals surface area (Å²) in [6.45, 7) is 0. The molecule has 5 rings (SSSR count). The first-order valence-electron chi connectivity index (χ1n) is 11.0. The Bertz CT molecular complexity index is 1460. The van der Waals surface area contributed by atoms with Gasteiger partial charge in [0.15, 0.2) is 0 Å². The van der Waals surface area contributed by atoms with Crippen LogP contribution in [-0.4, -0.2) is 31.6 Å². The second-order valence-corrected chi connectivity index (χ2v) is 11.0. The highest BCUT2D eigenvalue weighted by Crippen LogP contribution is 2.47. The molecule has 0 spiro atoms. The van der Waals surface area contributed by atoms with Crippen molar-refractivity contribution in [2.45, 2.75) is 4.21 Å². The van der Waals surface area contributed by atoms with Crippen LogP contribution >= 0.6 is 34.4 Å². The standard InChI is InChI=1S/C28H23NO4S3/c1-32-21-12-8-19(9-13-21)29(20-10-14-22(33-2)15-11-20)18-6-4-17(5-7-18)25-23-16-24(27(30)31)35-26(23)28(34-3)36-25/h4-16H,1-3H3,(H,30,31). The molecule has 2 heterocycles. The molecule has 8 heteroatoms. The van der Waals surface area contributed by atoms with Crippen LogP contribution in [0.4, 0.5) is 17.1 Å². The lowest BCUT2D eigenvalue weighted by molar-refractivity contribution is 0.0702. The lowest BCUT2D eigenvalue weighted by atomic mass is 10.1. The maximum atomic E-state index is 11.6. The summed E-state index contributed by atoms with van der Waals surface area (Å²) in [5, 5.41) is 10.5. The van der Waals surface area contributed by atoms with Crippen molar-refractivity contribution in [2.24, 2.45) is 0 Å². The highest BCUT2D eigenvalue weighted by atomic mass is 32.2. The molecule has 0 saturated heterocycles. The number of anilines is 3. The van der Waals surface area contributed by atoms with Crippen molar-refractivity contribution in [3.05, 3.63) is 83.7 Å². The third kappa shape index (κ3) is 4.55. The molecule has 0 unspecified atom stereocenters. The molecular weight excluding hydrogens is 511 g/mol. The fourth-order valence-corrected chi connectivity index (χ4v) is 7.35. The largest absolute Gasteiger partial charge is 0.497 e. The Morgan fingerprint density at radius 2 is 1.31 bits per heavy atom. The number of carboxylic acids is 1. The van der Waals surface area contributed by atoms with Crippen molar-refractivity contribution < 1.29 is 19.4 Å². The van der Waals surface area contributed by atoms with Crippen LogP contribution in [0.1, 0.15) is 9.67 Å². The van der Waals surface area contributed by atoms with Crippen LogP contribution in [0.15, 0.2) is 83.1 Å². The number of thiophene rings is 2. The van der Waals surface area contributed by atoms with Gasteiger partial charge in [-0.05, 0) is 78.5 Å². The Morgan fingerprint density at radius 1 is 0.806 bits per heavy atom. The summed E-state index contributed by atoms with van der Waals surface area (Å²) >= 11 is 4.70. The normalized spacial score (nSPS) is 11.0. The molecule has 5 aromatic rings. The van der Waals surface area contributed by atoms with Crippen LogP contribution in [0.5, 0.6) is 11.5 Å². The van der Waals surface area contributed by atoms with E-state index < -0.39 is 5.97 Å². The number of aromatic carboxylic acids is 1. The fraction of sp³-hybridized carbons (Fsp3) is 0.107. The number of ether oxygens (including phenoxy) is 2. The van der Waals surface area contributed by atoms with Crippen molar-refractivity contribution in [3.8, 4) is 21.9 Å². The average molecular weight is 534 g/mol. The van der Waals surface area contributed by atoms with E-state index in [1.807, 2.05) is 54.8 Å². The minimum Gasteiger partial charge on any atom is -0.497 e.